The molecule has 0 bridgehead atoms. The Morgan fingerprint density at radius 2 is 2.21 bits per heavy atom. The minimum absolute atomic E-state index is 0.0262. The molecule has 0 spiro atoms. The van der Waals surface area contributed by atoms with Gasteiger partial charge < -0.3 is 9.64 Å². The number of aryl methyl sites for hydroxylation is 1. The lowest BCUT2D eigenvalue weighted by Gasteiger charge is -2.45. The van der Waals surface area contributed by atoms with E-state index in [0.717, 1.165) is 22.9 Å². The molecule has 1 atom stereocenters. The van der Waals surface area contributed by atoms with Crippen LogP contribution in [0.5, 0.6) is 5.75 Å². The van der Waals surface area contributed by atoms with Crippen LogP contribution >= 0.6 is 11.3 Å². The minimum atomic E-state index is -0.256. The zero-order valence-corrected chi connectivity index (χ0v) is 15.7. The second kappa shape index (κ2) is 6.20. The summed E-state index contributed by atoms with van der Waals surface area (Å²) in [6, 6.07) is 6.03. The number of ether oxygens (including phenoxy) is 1. The predicted molar refractivity (Wildman–Crippen MR) is 98.4 cm³/mol. The van der Waals surface area contributed by atoms with Crippen molar-refractivity contribution in [2.75, 3.05) is 11.5 Å². The topological polar surface area (TPSA) is 42.4 Å². The van der Waals surface area contributed by atoms with Crippen molar-refractivity contribution in [2.45, 2.75) is 52.5 Å². The van der Waals surface area contributed by atoms with Gasteiger partial charge in [-0.1, -0.05) is 6.92 Å². The molecule has 1 aliphatic heterocycles. The molecule has 3 rings (SSSR count). The number of hydrogen-bond donors (Lipinski definition) is 0. The molecule has 0 aliphatic carbocycles. The van der Waals surface area contributed by atoms with Crippen molar-refractivity contribution in [1.82, 2.24) is 4.98 Å². The van der Waals surface area contributed by atoms with Crippen LogP contribution in [0.2, 0.25) is 0 Å². The fourth-order valence-corrected chi connectivity index (χ4v) is 4.21. The Morgan fingerprint density at radius 3 is 2.83 bits per heavy atom. The van der Waals surface area contributed by atoms with E-state index in [1.165, 1.54) is 16.9 Å². The third kappa shape index (κ3) is 2.93. The number of carbonyl (C=O) groups excluding carboxylic acids is 1. The zero-order valence-electron chi connectivity index (χ0n) is 14.9. The molecule has 5 heteroatoms. The molecule has 24 heavy (non-hydrogen) atoms. The van der Waals surface area contributed by atoms with Crippen molar-refractivity contribution < 1.29 is 9.53 Å². The van der Waals surface area contributed by atoms with E-state index in [9.17, 15) is 4.79 Å². The predicted octanol–water partition coefficient (Wildman–Crippen LogP) is 4.78. The highest BCUT2D eigenvalue weighted by molar-refractivity contribution is 7.09. The normalized spacial score (nSPS) is 19.0. The van der Waals surface area contributed by atoms with Crippen LogP contribution in [0.15, 0.2) is 23.6 Å². The molecule has 128 valence electrons. The Bertz CT molecular complexity index is 766. The summed E-state index contributed by atoms with van der Waals surface area (Å²) in [5, 5.41) is 2.76. The van der Waals surface area contributed by atoms with Crippen LogP contribution in [0.25, 0.3) is 0 Å². The number of benzene rings is 1. The molecule has 1 amide bonds. The van der Waals surface area contributed by atoms with Crippen molar-refractivity contribution in [3.63, 3.8) is 0 Å². The summed E-state index contributed by atoms with van der Waals surface area (Å²) in [6.07, 6.45) is 0.907. The lowest BCUT2D eigenvalue weighted by molar-refractivity contribution is 0.0949. The van der Waals surface area contributed by atoms with E-state index >= 15 is 0 Å². The highest BCUT2D eigenvalue weighted by Gasteiger charge is 2.41. The fraction of sp³-hybridized carbons (Fsp3) is 0.474. The largest absolute Gasteiger partial charge is 0.494 e. The molecule has 4 nitrogen and oxygen atoms in total. The first-order valence-corrected chi connectivity index (χ1v) is 9.25. The molecule has 0 N–H and O–H groups in total. The molecule has 1 aliphatic rings. The van der Waals surface area contributed by atoms with Gasteiger partial charge in [-0.15, -0.1) is 11.3 Å². The number of nitrogens with zero attached hydrogens (tertiary/aromatic N) is 2. The van der Waals surface area contributed by atoms with Gasteiger partial charge in [0.2, 0.25) is 0 Å². The van der Waals surface area contributed by atoms with Gasteiger partial charge in [0, 0.05) is 16.6 Å². The number of anilines is 1. The van der Waals surface area contributed by atoms with Gasteiger partial charge in [0.25, 0.3) is 5.91 Å². The number of amides is 1. The summed E-state index contributed by atoms with van der Waals surface area (Å²) in [5.74, 6) is 1.21. The van der Waals surface area contributed by atoms with Crippen LogP contribution in [0.1, 0.15) is 61.1 Å². The Morgan fingerprint density at radius 1 is 1.46 bits per heavy atom. The number of aromatic nitrogens is 1. The lowest BCUT2D eigenvalue weighted by Crippen LogP contribution is -2.51. The molecule has 1 aromatic carbocycles. The van der Waals surface area contributed by atoms with Crippen molar-refractivity contribution >= 4 is 22.9 Å². The maximum absolute atomic E-state index is 13.1. The van der Waals surface area contributed by atoms with E-state index in [2.05, 4.69) is 31.8 Å². The number of carbonyl (C=O) groups is 1. The van der Waals surface area contributed by atoms with Crippen molar-refractivity contribution in [3.8, 4) is 5.75 Å². The van der Waals surface area contributed by atoms with E-state index in [4.69, 9.17) is 4.74 Å². The summed E-state index contributed by atoms with van der Waals surface area (Å²) in [5.41, 5.74) is 2.41. The van der Waals surface area contributed by atoms with Gasteiger partial charge in [0.05, 0.1) is 11.6 Å². The molecule has 0 saturated heterocycles. The van der Waals surface area contributed by atoms with Gasteiger partial charge in [0.1, 0.15) is 11.4 Å². The summed E-state index contributed by atoms with van der Waals surface area (Å²) in [6.45, 7) is 11.0. The molecule has 0 unspecified atom stereocenters. The maximum atomic E-state index is 13.1. The second-order valence-electron chi connectivity index (χ2n) is 6.96. The summed E-state index contributed by atoms with van der Waals surface area (Å²) in [4.78, 5) is 19.4. The Balaban J connectivity index is 2.08. The number of thiazole rings is 1. The van der Waals surface area contributed by atoms with Gasteiger partial charge in [0.15, 0.2) is 0 Å². The van der Waals surface area contributed by atoms with Gasteiger partial charge in [-0.05, 0) is 63.8 Å². The first-order chi connectivity index (χ1) is 11.3. The van der Waals surface area contributed by atoms with Gasteiger partial charge in [-0.3, -0.25) is 4.79 Å². The molecule has 1 aromatic heterocycles. The summed E-state index contributed by atoms with van der Waals surface area (Å²) >= 11 is 1.51. The third-order valence-corrected chi connectivity index (χ3v) is 5.31. The van der Waals surface area contributed by atoms with Gasteiger partial charge >= 0.3 is 0 Å². The highest BCUT2D eigenvalue weighted by atomic mass is 32.1. The van der Waals surface area contributed by atoms with Gasteiger partial charge in [-0.2, -0.15) is 0 Å². The minimum Gasteiger partial charge on any atom is -0.494 e. The molecule has 2 aromatic rings. The Hall–Kier alpha value is -1.88. The molecule has 0 radical (unpaired) electrons. The van der Waals surface area contributed by atoms with E-state index in [1.807, 2.05) is 36.3 Å². The summed E-state index contributed by atoms with van der Waals surface area (Å²) < 4.78 is 5.64. The smallest absolute Gasteiger partial charge is 0.278 e. The molecular weight excluding hydrogens is 320 g/mol. The fourth-order valence-electron chi connectivity index (χ4n) is 3.62. The van der Waals surface area contributed by atoms with E-state index in [1.54, 1.807) is 0 Å². The van der Waals surface area contributed by atoms with Crippen molar-refractivity contribution in [1.29, 1.82) is 0 Å². The zero-order chi connectivity index (χ0) is 17.5. The number of rotatable bonds is 3. The SMILES string of the molecule is CCOc1ccc2c(c1)[C@@H](C)CC(C)(C)N2C(=O)c1csc(C)n1. The van der Waals surface area contributed by atoms with Crippen LogP contribution in [-0.4, -0.2) is 23.0 Å². The monoisotopic (exact) mass is 344 g/mol. The average molecular weight is 344 g/mol. The van der Waals surface area contributed by atoms with Crippen LogP contribution in [0, 0.1) is 6.92 Å². The molecule has 2 heterocycles. The Kier molecular flexibility index (Phi) is 4.38. The number of fused-ring (bicyclic) bond motifs is 1. The second-order valence-corrected chi connectivity index (χ2v) is 8.03. The first kappa shape index (κ1) is 17.0. The van der Waals surface area contributed by atoms with E-state index in [0.29, 0.717) is 18.2 Å². The maximum Gasteiger partial charge on any atom is 0.278 e. The Labute approximate surface area is 147 Å². The van der Waals surface area contributed by atoms with Crippen LogP contribution < -0.4 is 9.64 Å². The van der Waals surface area contributed by atoms with Crippen LogP contribution in [0.3, 0.4) is 0 Å². The highest BCUT2D eigenvalue weighted by Crippen LogP contribution is 2.45. The quantitative estimate of drug-likeness (QED) is 0.804. The van der Waals surface area contributed by atoms with Crippen LogP contribution in [0.4, 0.5) is 5.69 Å². The van der Waals surface area contributed by atoms with E-state index in [-0.39, 0.29) is 11.4 Å². The third-order valence-electron chi connectivity index (χ3n) is 4.53. The average Bonchev–Trinajstić information content (AvgIpc) is 2.94. The number of hydrogen-bond acceptors (Lipinski definition) is 4. The lowest BCUT2D eigenvalue weighted by atomic mass is 9.80. The van der Waals surface area contributed by atoms with Crippen molar-refractivity contribution in [2.24, 2.45) is 0 Å². The molecular formula is C19H24N2O2S. The summed E-state index contributed by atoms with van der Waals surface area (Å²) in [7, 11) is 0. The molecule has 0 fully saturated rings. The van der Waals surface area contributed by atoms with E-state index < -0.39 is 0 Å². The first-order valence-electron chi connectivity index (χ1n) is 8.37. The van der Waals surface area contributed by atoms with Crippen LogP contribution in [-0.2, 0) is 0 Å². The van der Waals surface area contributed by atoms with Gasteiger partial charge in [-0.25, -0.2) is 4.98 Å². The standard InChI is InChI=1S/C19H24N2O2S/c1-6-23-14-7-8-17-15(9-14)12(2)10-19(4,5)21(17)18(22)16-11-24-13(3)20-16/h7-9,11-12H,6,10H2,1-5H3/t12-/m0/s1. The molecule has 0 saturated carbocycles. The van der Waals surface area contributed by atoms with Crippen molar-refractivity contribution in [3.05, 3.63) is 39.8 Å².